The molecule has 0 N–H and O–H groups in total. The summed E-state index contributed by atoms with van der Waals surface area (Å²) in [5.74, 6) is 0.452. The molecule has 402 valence electrons. The first-order chi connectivity index (χ1) is 46.1. The summed E-state index contributed by atoms with van der Waals surface area (Å²) in [6.45, 7) is 17.1. The number of benzene rings is 9. The topological polar surface area (TPSA) is 33.5 Å². The second-order valence-corrected chi connectivity index (χ2v) is 23.8. The van der Waals surface area contributed by atoms with Crippen LogP contribution in [-0.4, -0.2) is 16.2 Å². The van der Waals surface area contributed by atoms with E-state index < -0.39 is 76.9 Å². The van der Waals surface area contributed by atoms with E-state index in [1.807, 2.05) is 96.4 Å². The molecule has 0 saturated heterocycles. The Labute approximate surface area is 503 Å². The van der Waals surface area contributed by atoms with Gasteiger partial charge >= 0.3 is 0 Å². The number of anilines is 4. The zero-order chi connectivity index (χ0) is 70.6. The number of fused-ring (bicyclic) bond motifs is 5. The molecular formula is C76H72N4O. The third kappa shape index (κ3) is 9.56. The van der Waals surface area contributed by atoms with E-state index in [1.165, 1.54) is 0 Å². The summed E-state index contributed by atoms with van der Waals surface area (Å²) in [5, 5.41) is 0.724. The van der Waals surface area contributed by atoms with Crippen molar-refractivity contribution in [2.45, 2.75) is 97.8 Å². The van der Waals surface area contributed by atoms with Crippen LogP contribution >= 0.6 is 0 Å². The normalized spacial score (nSPS) is 17.8. The van der Waals surface area contributed by atoms with Crippen LogP contribution in [0.2, 0.25) is 0 Å². The second-order valence-electron chi connectivity index (χ2n) is 23.8. The molecule has 81 heavy (non-hydrogen) atoms. The summed E-state index contributed by atoms with van der Waals surface area (Å²) in [5.41, 5.74) is 3.75. The minimum absolute atomic E-state index is 0.0188. The Balaban J connectivity index is 0.976. The Morgan fingerprint density at radius 3 is 2.01 bits per heavy atom. The van der Waals surface area contributed by atoms with Crippen LogP contribution in [0.3, 0.4) is 0 Å². The van der Waals surface area contributed by atoms with Crippen LogP contribution in [0.15, 0.2) is 218 Å². The highest BCUT2D eigenvalue weighted by atomic mass is 16.5. The lowest BCUT2D eigenvalue weighted by Crippen LogP contribution is -2.33. The van der Waals surface area contributed by atoms with Crippen molar-refractivity contribution < 1.29 is 28.0 Å². The monoisotopic (exact) mass is 1070 g/mol. The summed E-state index contributed by atoms with van der Waals surface area (Å²) < 4.78 is 169. The van der Waals surface area contributed by atoms with Crippen LogP contribution in [0.25, 0.3) is 72.1 Å². The van der Waals surface area contributed by atoms with Crippen molar-refractivity contribution >= 4 is 44.6 Å². The predicted molar refractivity (Wildman–Crippen MR) is 341 cm³/mol. The maximum Gasteiger partial charge on any atom is 0.137 e. The highest BCUT2D eigenvalue weighted by molar-refractivity contribution is 6.09. The zero-order valence-electron chi connectivity index (χ0n) is 64.0. The maximum absolute atomic E-state index is 10.3. The average Bonchev–Trinajstić information content (AvgIpc) is 1.26. The van der Waals surface area contributed by atoms with Gasteiger partial charge < -0.3 is 14.5 Å². The Kier molecular flexibility index (Phi) is 8.92. The molecule has 0 spiro atoms. The third-order valence-corrected chi connectivity index (χ3v) is 15.8. The van der Waals surface area contributed by atoms with E-state index in [2.05, 4.69) is 13.8 Å². The van der Waals surface area contributed by atoms with Crippen molar-refractivity contribution in [1.29, 1.82) is 0 Å². The summed E-state index contributed by atoms with van der Waals surface area (Å²) in [6, 6.07) is 30.7. The first-order valence-corrected chi connectivity index (χ1v) is 27.6. The van der Waals surface area contributed by atoms with Crippen molar-refractivity contribution in [3.8, 4) is 61.8 Å². The molecule has 11 aromatic rings. The molecule has 3 heterocycles. The third-order valence-electron chi connectivity index (χ3n) is 15.8. The number of hydrogen-bond acceptors (Lipinski definition) is 4. The number of pyridine rings is 1. The molecule has 0 fully saturated rings. The zero-order valence-corrected chi connectivity index (χ0v) is 47.0. The molecule has 0 unspecified atom stereocenters. The van der Waals surface area contributed by atoms with E-state index >= 15 is 0 Å². The molecule has 1 aliphatic carbocycles. The fourth-order valence-corrected chi connectivity index (χ4v) is 11.4. The molecule has 9 aromatic carbocycles. The van der Waals surface area contributed by atoms with Crippen LogP contribution < -0.4 is 14.5 Å². The van der Waals surface area contributed by atoms with E-state index in [1.54, 1.807) is 93.9 Å². The number of hydrogen-bond donors (Lipinski definition) is 0. The van der Waals surface area contributed by atoms with Crippen molar-refractivity contribution in [2.24, 2.45) is 5.92 Å². The first kappa shape index (κ1) is 35.8. The minimum atomic E-state index is -1.87. The van der Waals surface area contributed by atoms with Crippen LogP contribution in [0.1, 0.15) is 121 Å². The Bertz CT molecular complexity index is 5160. The molecule has 2 aromatic heterocycles. The van der Waals surface area contributed by atoms with Gasteiger partial charge in [-0.1, -0.05) is 214 Å². The van der Waals surface area contributed by atoms with Gasteiger partial charge in [0.1, 0.15) is 24.0 Å². The average molecular weight is 1070 g/mol. The van der Waals surface area contributed by atoms with Crippen LogP contribution in [0, 0.1) is 5.92 Å². The van der Waals surface area contributed by atoms with E-state index in [4.69, 9.17) is 16.6 Å². The van der Waals surface area contributed by atoms with Crippen molar-refractivity contribution in [2.75, 3.05) is 16.5 Å². The van der Waals surface area contributed by atoms with E-state index in [0.717, 1.165) is 12.0 Å². The maximum atomic E-state index is 10.3. The molecule has 13 rings (SSSR count). The Hall–Kier alpha value is -8.67. The number of para-hydroxylation sites is 4. The van der Waals surface area contributed by atoms with Gasteiger partial charge in [0.15, 0.2) is 0 Å². The standard InChI is InChI=1S/C76H72N4O/c1-50(2)42-56-45-72(77-48-65(56)52-20-11-10-12-21-52)80-68-29-14-13-26-63(68)64-38-37-60(47-71(64)80)81-59-25-18-24-58(46-59)78-49-79(70-31-16-15-30-69(70)78)73-61(53-34-32-51(33-35-53)54-22-17-23-57(43-54)74(3,4)5)27-19-28-62(73)55-36-39-66-67(44-55)76(8,9)41-40-75(66,6)7/h10-39,43-48,50H,40-42,49H2,1-9H3/i13D,14D,17D,22D,23D,26D,29D,32D,33D,34D,35D,36D,39D,42D2,43D,44D. The molecule has 0 radical (unpaired) electrons. The highest BCUT2D eigenvalue weighted by Gasteiger charge is 2.38. The van der Waals surface area contributed by atoms with Gasteiger partial charge in [0.25, 0.3) is 0 Å². The smallest absolute Gasteiger partial charge is 0.137 e. The van der Waals surface area contributed by atoms with E-state index in [9.17, 15) is 16.4 Å². The fraction of sp³-hybridized carbons (Fsp3) is 0.224. The summed E-state index contributed by atoms with van der Waals surface area (Å²) >= 11 is 0. The molecule has 2 aliphatic rings. The second kappa shape index (κ2) is 20.1. The lowest BCUT2D eigenvalue weighted by atomic mass is 9.63. The van der Waals surface area contributed by atoms with Crippen LogP contribution in [0.5, 0.6) is 11.5 Å². The van der Waals surface area contributed by atoms with Crippen LogP contribution in [-0.2, 0) is 22.6 Å². The molecule has 1 aliphatic heterocycles. The van der Waals surface area contributed by atoms with Crippen molar-refractivity contribution in [3.05, 3.63) is 240 Å². The van der Waals surface area contributed by atoms with Gasteiger partial charge in [-0.05, 0) is 140 Å². The Morgan fingerprint density at radius 2 is 1.25 bits per heavy atom. The van der Waals surface area contributed by atoms with Crippen molar-refractivity contribution in [3.63, 3.8) is 0 Å². The summed E-state index contributed by atoms with van der Waals surface area (Å²) in [6.07, 6.45) is 1.18. The molecule has 0 saturated carbocycles. The lowest BCUT2D eigenvalue weighted by Gasteiger charge is -2.42. The summed E-state index contributed by atoms with van der Waals surface area (Å²) in [7, 11) is 0. The SMILES string of the molecule is [2H]c1c([2H])c(-c2c([2H])c([2H])c(-c3cccc(-c4c([2H])c([2H])c5c(c4[2H])C(C)(C)CCC5(C)C)c3N3CN(c4cccc(Oc5ccc6c7c([2H])c([2H])c([2H])c([2H])c7n(-c7cc(C([2H])([2H])C(C)C)c(-c8ccccc8)cn7)c6c5)c4)c4ccccc43)c([2H])c2[2H])c([2H])c(C(C)(C)C)c1[2H]. The van der Waals surface area contributed by atoms with Crippen molar-refractivity contribution in [1.82, 2.24) is 9.55 Å². The van der Waals surface area contributed by atoms with E-state index in [0.29, 0.717) is 79.4 Å². The lowest BCUT2D eigenvalue weighted by molar-refractivity contribution is 0.332. The summed E-state index contributed by atoms with van der Waals surface area (Å²) in [4.78, 5) is 8.88. The molecule has 0 atom stereocenters. The van der Waals surface area contributed by atoms with Gasteiger partial charge in [0, 0.05) is 54.2 Å². The van der Waals surface area contributed by atoms with Gasteiger partial charge in [-0.2, -0.15) is 0 Å². The highest BCUT2D eigenvalue weighted by Crippen LogP contribution is 2.53. The number of ether oxygens (including phenoxy) is 1. The van der Waals surface area contributed by atoms with Gasteiger partial charge in [-0.15, -0.1) is 0 Å². The number of aromatic nitrogens is 2. The molecule has 5 heteroatoms. The van der Waals surface area contributed by atoms with Gasteiger partial charge in [-0.25, -0.2) is 4.98 Å². The Morgan fingerprint density at radius 1 is 0.568 bits per heavy atom. The molecule has 0 amide bonds. The molecular weight excluding hydrogens is 985 g/mol. The van der Waals surface area contributed by atoms with E-state index in [-0.39, 0.29) is 99.1 Å². The quantitative estimate of drug-likeness (QED) is 0.129. The largest absolute Gasteiger partial charge is 0.457 e. The van der Waals surface area contributed by atoms with Gasteiger partial charge in [0.05, 0.1) is 48.7 Å². The van der Waals surface area contributed by atoms with Crippen LogP contribution in [0.4, 0.5) is 22.7 Å². The molecule has 5 nitrogen and oxygen atoms in total. The van der Waals surface area contributed by atoms with Gasteiger partial charge in [-0.3, -0.25) is 4.57 Å². The fourth-order valence-electron chi connectivity index (χ4n) is 11.4. The molecule has 0 bridgehead atoms. The first-order valence-electron chi connectivity index (χ1n) is 36.1. The van der Waals surface area contributed by atoms with Gasteiger partial charge in [0.2, 0.25) is 0 Å². The minimum Gasteiger partial charge on any atom is -0.457 e. The number of nitrogens with zero attached hydrogens (tertiary/aromatic N) is 4. The number of rotatable bonds is 11. The predicted octanol–water partition coefficient (Wildman–Crippen LogP) is 20.7.